The van der Waals surface area contributed by atoms with E-state index < -0.39 is 0 Å². The molecule has 25 heavy (non-hydrogen) atoms. The van der Waals surface area contributed by atoms with Crippen LogP contribution in [0.1, 0.15) is 21.5 Å². The topological polar surface area (TPSA) is 32.3 Å². The Balaban J connectivity index is 1.78. The molecule has 3 rings (SSSR count). The average Bonchev–Trinajstić information content (AvgIpc) is 2.63. The number of hydrazine groups is 1. The molecule has 0 saturated carbocycles. The smallest absolute Gasteiger partial charge is 0.267 e. The van der Waals surface area contributed by atoms with Crippen LogP contribution in [0, 0.1) is 0 Å². The van der Waals surface area contributed by atoms with E-state index in [0.717, 1.165) is 11.1 Å². The lowest BCUT2D eigenvalue weighted by atomic mass is 10.2. The fraction of sp³-hybridized carbons (Fsp3) is 0.0952. The highest BCUT2D eigenvalue weighted by molar-refractivity contribution is 6.33. The third-order valence-electron chi connectivity index (χ3n) is 3.81. The van der Waals surface area contributed by atoms with E-state index in [1.54, 1.807) is 18.2 Å². The number of nitrogens with zero attached hydrogens (tertiary/aromatic N) is 1. The SMILES string of the molecule is O=C(NN(Cc1ccccc1)Cc1ccccc1)c1ccccc1Cl. The average molecular weight is 351 g/mol. The monoisotopic (exact) mass is 350 g/mol. The molecule has 3 nitrogen and oxygen atoms in total. The van der Waals surface area contributed by atoms with Gasteiger partial charge in [-0.25, -0.2) is 5.01 Å². The molecule has 4 heteroatoms. The molecule has 0 aliphatic rings. The maximum Gasteiger partial charge on any atom is 0.267 e. The molecule has 0 atom stereocenters. The minimum Gasteiger partial charge on any atom is -0.284 e. The zero-order chi connectivity index (χ0) is 17.5. The van der Waals surface area contributed by atoms with Gasteiger partial charge in [0, 0.05) is 13.1 Å². The fourth-order valence-corrected chi connectivity index (χ4v) is 2.81. The van der Waals surface area contributed by atoms with Crippen LogP contribution < -0.4 is 5.43 Å². The molecule has 1 amide bonds. The van der Waals surface area contributed by atoms with Crippen molar-refractivity contribution in [2.45, 2.75) is 13.1 Å². The molecule has 0 aromatic heterocycles. The van der Waals surface area contributed by atoms with E-state index in [9.17, 15) is 4.79 Å². The van der Waals surface area contributed by atoms with Gasteiger partial charge in [0.1, 0.15) is 0 Å². The van der Waals surface area contributed by atoms with Gasteiger partial charge in [-0.05, 0) is 23.3 Å². The van der Waals surface area contributed by atoms with Gasteiger partial charge in [-0.15, -0.1) is 0 Å². The molecule has 0 aliphatic carbocycles. The van der Waals surface area contributed by atoms with Crippen molar-refractivity contribution in [3.63, 3.8) is 0 Å². The predicted octanol–water partition coefficient (Wildman–Crippen LogP) is 4.69. The number of carbonyl (C=O) groups excluding carboxylic acids is 1. The highest BCUT2D eigenvalue weighted by atomic mass is 35.5. The number of nitrogens with one attached hydrogen (secondary N) is 1. The first-order valence-corrected chi connectivity index (χ1v) is 8.48. The first kappa shape index (κ1) is 17.2. The number of hydrogen-bond donors (Lipinski definition) is 1. The van der Waals surface area contributed by atoms with Gasteiger partial charge in [0.25, 0.3) is 5.91 Å². The Morgan fingerprint density at radius 3 is 1.76 bits per heavy atom. The van der Waals surface area contributed by atoms with E-state index in [-0.39, 0.29) is 5.91 Å². The molecule has 0 spiro atoms. The summed E-state index contributed by atoms with van der Waals surface area (Å²) in [5.74, 6) is -0.211. The number of rotatable bonds is 6. The van der Waals surface area contributed by atoms with E-state index in [2.05, 4.69) is 5.43 Å². The molecule has 0 aliphatic heterocycles. The number of hydrogen-bond acceptors (Lipinski definition) is 2. The van der Waals surface area contributed by atoms with Crippen molar-refractivity contribution in [2.75, 3.05) is 0 Å². The van der Waals surface area contributed by atoms with E-state index in [1.807, 2.05) is 71.7 Å². The van der Waals surface area contributed by atoms with Gasteiger partial charge in [-0.1, -0.05) is 84.4 Å². The van der Waals surface area contributed by atoms with Crippen LogP contribution in [0.2, 0.25) is 5.02 Å². The molecule has 3 aromatic rings. The molecule has 1 N–H and O–H groups in total. The molecule has 0 radical (unpaired) electrons. The number of carbonyl (C=O) groups is 1. The lowest BCUT2D eigenvalue weighted by molar-refractivity contribution is 0.0759. The molecule has 0 saturated heterocycles. The van der Waals surface area contributed by atoms with Crippen molar-refractivity contribution in [2.24, 2.45) is 0 Å². The van der Waals surface area contributed by atoms with Gasteiger partial charge in [-0.3, -0.25) is 10.2 Å². The Morgan fingerprint density at radius 2 is 1.24 bits per heavy atom. The maximum absolute atomic E-state index is 12.6. The highest BCUT2D eigenvalue weighted by Gasteiger charge is 2.14. The predicted molar refractivity (Wildman–Crippen MR) is 101 cm³/mol. The number of benzene rings is 3. The Morgan fingerprint density at radius 1 is 0.760 bits per heavy atom. The Hall–Kier alpha value is -2.62. The number of halogens is 1. The van der Waals surface area contributed by atoms with Crippen LogP contribution in [0.5, 0.6) is 0 Å². The van der Waals surface area contributed by atoms with Gasteiger partial charge in [0.05, 0.1) is 10.6 Å². The summed E-state index contributed by atoms with van der Waals surface area (Å²) in [6.45, 7) is 1.21. The van der Waals surface area contributed by atoms with Gasteiger partial charge >= 0.3 is 0 Å². The largest absolute Gasteiger partial charge is 0.284 e. The van der Waals surface area contributed by atoms with Crippen LogP contribution in [0.4, 0.5) is 0 Å². The van der Waals surface area contributed by atoms with E-state index in [0.29, 0.717) is 23.7 Å². The lowest BCUT2D eigenvalue weighted by Gasteiger charge is -2.24. The standard InChI is InChI=1S/C21H19ClN2O/c22-20-14-8-7-13-19(20)21(25)23-24(15-17-9-3-1-4-10-17)16-18-11-5-2-6-12-18/h1-14H,15-16H2,(H,23,25). The summed E-state index contributed by atoms with van der Waals surface area (Å²) in [6.07, 6.45) is 0. The Kier molecular flexibility index (Phi) is 5.83. The summed E-state index contributed by atoms with van der Waals surface area (Å²) in [4.78, 5) is 12.6. The molecule has 3 aromatic carbocycles. The van der Waals surface area contributed by atoms with Gasteiger partial charge in [-0.2, -0.15) is 0 Å². The van der Waals surface area contributed by atoms with Crippen LogP contribution in [-0.2, 0) is 13.1 Å². The van der Waals surface area contributed by atoms with Crippen molar-refractivity contribution < 1.29 is 4.79 Å². The van der Waals surface area contributed by atoms with Gasteiger partial charge in [0.15, 0.2) is 0 Å². The van der Waals surface area contributed by atoms with Crippen LogP contribution in [0.15, 0.2) is 84.9 Å². The third kappa shape index (κ3) is 4.92. The van der Waals surface area contributed by atoms with Crippen LogP contribution in [0.3, 0.4) is 0 Å². The first-order valence-electron chi connectivity index (χ1n) is 8.10. The zero-order valence-electron chi connectivity index (χ0n) is 13.7. The molecule has 126 valence electrons. The van der Waals surface area contributed by atoms with E-state index >= 15 is 0 Å². The zero-order valence-corrected chi connectivity index (χ0v) is 14.5. The van der Waals surface area contributed by atoms with Crippen LogP contribution in [0.25, 0.3) is 0 Å². The highest BCUT2D eigenvalue weighted by Crippen LogP contribution is 2.15. The molecular weight excluding hydrogens is 332 g/mol. The number of amides is 1. The summed E-state index contributed by atoms with van der Waals surface area (Å²) in [6, 6.07) is 27.1. The minimum atomic E-state index is -0.211. The van der Waals surface area contributed by atoms with Crippen molar-refractivity contribution in [1.29, 1.82) is 0 Å². The summed E-state index contributed by atoms with van der Waals surface area (Å²) in [7, 11) is 0. The molecular formula is C21H19ClN2O. The third-order valence-corrected chi connectivity index (χ3v) is 4.14. The quantitative estimate of drug-likeness (QED) is 0.654. The van der Waals surface area contributed by atoms with Gasteiger partial charge in [0.2, 0.25) is 0 Å². The molecule has 0 bridgehead atoms. The minimum absolute atomic E-state index is 0.211. The fourth-order valence-electron chi connectivity index (χ4n) is 2.59. The van der Waals surface area contributed by atoms with Crippen LogP contribution >= 0.6 is 11.6 Å². The van der Waals surface area contributed by atoms with Crippen molar-refractivity contribution in [1.82, 2.24) is 10.4 Å². The summed E-state index contributed by atoms with van der Waals surface area (Å²) in [5, 5.41) is 2.34. The van der Waals surface area contributed by atoms with Crippen molar-refractivity contribution >= 4 is 17.5 Å². The van der Waals surface area contributed by atoms with E-state index in [1.165, 1.54) is 0 Å². The molecule has 0 heterocycles. The second-order valence-corrected chi connectivity index (χ2v) is 6.16. The van der Waals surface area contributed by atoms with Crippen molar-refractivity contribution in [3.8, 4) is 0 Å². The second-order valence-electron chi connectivity index (χ2n) is 5.75. The Labute approximate surface area is 152 Å². The second kappa shape index (κ2) is 8.47. The van der Waals surface area contributed by atoms with E-state index in [4.69, 9.17) is 11.6 Å². The summed E-state index contributed by atoms with van der Waals surface area (Å²) < 4.78 is 0. The lowest BCUT2D eigenvalue weighted by Crippen LogP contribution is -2.41. The van der Waals surface area contributed by atoms with Crippen LogP contribution in [-0.4, -0.2) is 10.9 Å². The first-order chi connectivity index (χ1) is 12.2. The van der Waals surface area contributed by atoms with Crippen molar-refractivity contribution in [3.05, 3.63) is 107 Å². The molecule has 0 unspecified atom stereocenters. The summed E-state index contributed by atoms with van der Waals surface area (Å²) >= 11 is 6.14. The normalized spacial score (nSPS) is 10.6. The molecule has 0 fully saturated rings. The van der Waals surface area contributed by atoms with Gasteiger partial charge < -0.3 is 0 Å². The summed E-state index contributed by atoms with van der Waals surface area (Å²) in [5.41, 5.74) is 5.70. The maximum atomic E-state index is 12.6. The Bertz CT molecular complexity index is 780.